The molecule has 102 valence electrons. The first-order valence-corrected chi connectivity index (χ1v) is 8.11. The van der Waals surface area contributed by atoms with Gasteiger partial charge in [0.2, 0.25) is 0 Å². The number of nitrogen functional groups attached to an aromatic ring is 1. The molecule has 1 aromatic rings. The number of ether oxygens (including phenoxy) is 1. The van der Waals surface area contributed by atoms with Crippen LogP contribution in [0.25, 0.3) is 0 Å². The molecule has 1 aromatic carbocycles. The van der Waals surface area contributed by atoms with E-state index >= 15 is 0 Å². The summed E-state index contributed by atoms with van der Waals surface area (Å²) < 4.78 is 7.59. The second kappa shape index (κ2) is 8.81. The van der Waals surface area contributed by atoms with Crippen molar-refractivity contribution in [3.63, 3.8) is 0 Å². The van der Waals surface area contributed by atoms with Crippen molar-refractivity contribution < 1.29 is 4.74 Å². The van der Waals surface area contributed by atoms with E-state index in [4.69, 9.17) is 10.5 Å². The van der Waals surface area contributed by atoms with E-state index in [0.29, 0.717) is 0 Å². The number of benzene rings is 1. The second-order valence-corrected chi connectivity index (χ2v) is 6.14. The van der Waals surface area contributed by atoms with Gasteiger partial charge in [-0.2, -0.15) is 0 Å². The molecule has 0 atom stereocenters. The Hall–Kier alpha value is -0.220. The molecule has 0 bridgehead atoms. The molecule has 1 rings (SSSR count). The molecule has 4 heteroatoms. The van der Waals surface area contributed by atoms with Gasteiger partial charge >= 0.3 is 0 Å². The minimum absolute atomic E-state index is 0.723. The maximum absolute atomic E-state index is 5.78. The molecular formula is C14H21Br2NO. The number of halogens is 2. The van der Waals surface area contributed by atoms with E-state index in [2.05, 4.69) is 38.8 Å². The maximum atomic E-state index is 5.78. The lowest BCUT2D eigenvalue weighted by Gasteiger charge is -2.11. The van der Waals surface area contributed by atoms with Crippen LogP contribution in [-0.2, 0) is 0 Å². The van der Waals surface area contributed by atoms with Gasteiger partial charge in [-0.05, 0) is 50.4 Å². The molecule has 18 heavy (non-hydrogen) atoms. The van der Waals surface area contributed by atoms with Crippen LogP contribution in [0.2, 0.25) is 0 Å². The van der Waals surface area contributed by atoms with E-state index < -0.39 is 0 Å². The highest BCUT2D eigenvalue weighted by Crippen LogP contribution is 2.35. The Labute approximate surface area is 127 Å². The monoisotopic (exact) mass is 377 g/mol. The predicted molar refractivity (Wildman–Crippen MR) is 85.1 cm³/mol. The van der Waals surface area contributed by atoms with E-state index in [-0.39, 0.29) is 0 Å². The predicted octanol–water partition coefficient (Wildman–Crippen LogP) is 5.53. The summed E-state index contributed by atoms with van der Waals surface area (Å²) in [4.78, 5) is 0. The van der Waals surface area contributed by atoms with E-state index in [1.54, 1.807) is 0 Å². The molecule has 0 unspecified atom stereocenters. The number of hydrogen-bond donors (Lipinski definition) is 1. The van der Waals surface area contributed by atoms with Gasteiger partial charge in [-0.25, -0.2) is 0 Å². The minimum atomic E-state index is 0.723. The first-order valence-electron chi connectivity index (χ1n) is 6.52. The van der Waals surface area contributed by atoms with Gasteiger partial charge in [0.15, 0.2) is 0 Å². The molecule has 0 aromatic heterocycles. The van der Waals surface area contributed by atoms with Crippen molar-refractivity contribution in [1.29, 1.82) is 0 Å². The summed E-state index contributed by atoms with van der Waals surface area (Å²) in [7, 11) is 0. The highest BCUT2D eigenvalue weighted by atomic mass is 79.9. The lowest BCUT2D eigenvalue weighted by Crippen LogP contribution is -1.99. The van der Waals surface area contributed by atoms with Crippen LogP contribution in [0.1, 0.15) is 45.4 Å². The SMILES string of the molecule is CCCCCCCCOc1c(Br)cc(N)cc1Br. The fraction of sp³-hybridized carbons (Fsp3) is 0.571. The van der Waals surface area contributed by atoms with E-state index in [9.17, 15) is 0 Å². The molecule has 0 amide bonds. The number of nitrogens with two attached hydrogens (primary N) is 1. The topological polar surface area (TPSA) is 35.2 Å². The first kappa shape index (κ1) is 15.8. The van der Waals surface area contributed by atoms with Crippen LogP contribution in [0.5, 0.6) is 5.75 Å². The zero-order chi connectivity index (χ0) is 13.4. The van der Waals surface area contributed by atoms with Crippen LogP contribution in [-0.4, -0.2) is 6.61 Å². The van der Waals surface area contributed by atoms with Crippen molar-refractivity contribution in [3.05, 3.63) is 21.1 Å². The molecule has 0 saturated heterocycles. The summed E-state index contributed by atoms with van der Waals surface area (Å²) in [6.45, 7) is 2.99. The Kier molecular flexibility index (Phi) is 7.75. The Bertz CT molecular complexity index is 346. The smallest absolute Gasteiger partial charge is 0.147 e. The zero-order valence-electron chi connectivity index (χ0n) is 10.8. The molecule has 0 radical (unpaired) electrons. The Morgan fingerprint density at radius 2 is 1.56 bits per heavy atom. The largest absolute Gasteiger partial charge is 0.491 e. The van der Waals surface area contributed by atoms with E-state index in [1.807, 2.05) is 12.1 Å². The van der Waals surface area contributed by atoms with Gasteiger partial charge < -0.3 is 10.5 Å². The third kappa shape index (κ3) is 5.61. The molecule has 2 N–H and O–H groups in total. The highest BCUT2D eigenvalue weighted by molar-refractivity contribution is 9.11. The van der Waals surface area contributed by atoms with Crippen LogP contribution < -0.4 is 10.5 Å². The van der Waals surface area contributed by atoms with Crippen molar-refractivity contribution in [1.82, 2.24) is 0 Å². The van der Waals surface area contributed by atoms with Crippen molar-refractivity contribution in [3.8, 4) is 5.75 Å². The van der Waals surface area contributed by atoms with Crippen LogP contribution in [0.4, 0.5) is 5.69 Å². The summed E-state index contributed by atoms with van der Waals surface area (Å²) in [6.07, 6.45) is 7.63. The molecule has 0 fully saturated rings. The lowest BCUT2D eigenvalue weighted by molar-refractivity contribution is 0.301. The number of hydrogen-bond acceptors (Lipinski definition) is 2. The first-order chi connectivity index (χ1) is 8.65. The van der Waals surface area contributed by atoms with Crippen molar-refractivity contribution >= 4 is 37.5 Å². The number of unbranched alkanes of at least 4 members (excludes halogenated alkanes) is 5. The van der Waals surface area contributed by atoms with Crippen LogP contribution >= 0.6 is 31.9 Å². The minimum Gasteiger partial charge on any atom is -0.491 e. The molecule has 2 nitrogen and oxygen atoms in total. The standard InChI is InChI=1S/C14H21Br2NO/c1-2-3-4-5-6-7-8-18-14-12(15)9-11(17)10-13(14)16/h9-10H,2-8,17H2,1H3. The van der Waals surface area contributed by atoms with E-state index in [0.717, 1.165) is 33.4 Å². The fourth-order valence-corrected chi connectivity index (χ4v) is 3.22. The lowest BCUT2D eigenvalue weighted by atomic mass is 10.1. The van der Waals surface area contributed by atoms with Gasteiger partial charge in [-0.15, -0.1) is 0 Å². The maximum Gasteiger partial charge on any atom is 0.147 e. The third-order valence-electron chi connectivity index (χ3n) is 2.76. The van der Waals surface area contributed by atoms with Crippen molar-refractivity contribution in [2.45, 2.75) is 45.4 Å². The molecule has 0 heterocycles. The van der Waals surface area contributed by atoms with Gasteiger partial charge in [0.25, 0.3) is 0 Å². The summed E-state index contributed by atoms with van der Waals surface area (Å²) in [5, 5.41) is 0. The summed E-state index contributed by atoms with van der Waals surface area (Å²) >= 11 is 6.93. The third-order valence-corrected chi connectivity index (χ3v) is 3.94. The Morgan fingerprint density at radius 3 is 2.17 bits per heavy atom. The van der Waals surface area contributed by atoms with Crippen molar-refractivity contribution in [2.24, 2.45) is 0 Å². The summed E-state index contributed by atoms with van der Waals surface area (Å²) in [6, 6.07) is 3.72. The van der Waals surface area contributed by atoms with Crippen molar-refractivity contribution in [2.75, 3.05) is 12.3 Å². The molecular weight excluding hydrogens is 358 g/mol. The van der Waals surface area contributed by atoms with Crippen LogP contribution in [0.15, 0.2) is 21.1 Å². The molecule has 0 aliphatic heterocycles. The Morgan fingerprint density at radius 1 is 1.00 bits per heavy atom. The van der Waals surface area contributed by atoms with Crippen LogP contribution in [0, 0.1) is 0 Å². The summed E-state index contributed by atoms with van der Waals surface area (Å²) in [5.74, 6) is 0.845. The normalized spacial score (nSPS) is 10.6. The quantitative estimate of drug-likeness (QED) is 0.476. The van der Waals surface area contributed by atoms with Crippen LogP contribution in [0.3, 0.4) is 0 Å². The van der Waals surface area contributed by atoms with Gasteiger partial charge in [0.1, 0.15) is 5.75 Å². The van der Waals surface area contributed by atoms with E-state index in [1.165, 1.54) is 32.1 Å². The summed E-state index contributed by atoms with van der Waals surface area (Å²) in [5.41, 5.74) is 6.46. The van der Waals surface area contributed by atoms with Gasteiger partial charge in [0.05, 0.1) is 15.6 Å². The second-order valence-electron chi connectivity index (χ2n) is 4.43. The molecule has 0 spiro atoms. The molecule has 0 saturated carbocycles. The van der Waals surface area contributed by atoms with Gasteiger partial charge in [-0.1, -0.05) is 39.0 Å². The zero-order valence-corrected chi connectivity index (χ0v) is 14.0. The highest BCUT2D eigenvalue weighted by Gasteiger charge is 2.07. The fourth-order valence-electron chi connectivity index (χ4n) is 1.77. The van der Waals surface area contributed by atoms with Gasteiger partial charge in [-0.3, -0.25) is 0 Å². The Balaban J connectivity index is 2.27. The average molecular weight is 379 g/mol. The molecule has 0 aliphatic carbocycles. The molecule has 0 aliphatic rings. The average Bonchev–Trinajstić information content (AvgIpc) is 2.30. The number of anilines is 1. The number of rotatable bonds is 8. The van der Waals surface area contributed by atoms with Gasteiger partial charge in [0, 0.05) is 5.69 Å².